The van der Waals surface area contributed by atoms with Gasteiger partial charge in [-0.05, 0) is 45.0 Å². The van der Waals surface area contributed by atoms with Crippen molar-refractivity contribution in [2.75, 3.05) is 25.1 Å². The molecule has 1 atom stereocenters. The van der Waals surface area contributed by atoms with Gasteiger partial charge >= 0.3 is 0 Å². The van der Waals surface area contributed by atoms with Gasteiger partial charge in [-0.15, -0.1) is 0 Å². The van der Waals surface area contributed by atoms with Gasteiger partial charge in [0.05, 0.1) is 35.8 Å². The number of hydrogen-bond donors (Lipinski definition) is 1. The van der Waals surface area contributed by atoms with Crippen molar-refractivity contribution in [2.45, 2.75) is 33.0 Å². The van der Waals surface area contributed by atoms with Gasteiger partial charge in [-0.3, -0.25) is 14.5 Å². The molecule has 1 fully saturated rings. The third-order valence-electron chi connectivity index (χ3n) is 5.90. The monoisotopic (exact) mass is 468 g/mol. The summed E-state index contributed by atoms with van der Waals surface area (Å²) in [6.07, 6.45) is 0.433. The summed E-state index contributed by atoms with van der Waals surface area (Å²) in [7, 11) is -1.34. The van der Waals surface area contributed by atoms with E-state index >= 15 is 0 Å². The highest BCUT2D eigenvalue weighted by Crippen LogP contribution is 2.28. The Morgan fingerprint density at radius 1 is 1.18 bits per heavy atom. The molecule has 1 amide bonds. The van der Waals surface area contributed by atoms with Crippen molar-refractivity contribution >= 4 is 26.5 Å². The lowest BCUT2D eigenvalue weighted by molar-refractivity contribution is -0.122. The van der Waals surface area contributed by atoms with Crippen LogP contribution in [0.1, 0.15) is 17.5 Å². The molecule has 9 heteroatoms. The number of hydrogen-bond acceptors (Lipinski definition) is 6. The first-order valence-corrected chi connectivity index (χ1v) is 12.7. The average molecular weight is 469 g/mol. The Labute approximate surface area is 193 Å². The molecule has 0 aliphatic carbocycles. The van der Waals surface area contributed by atoms with Crippen LogP contribution in [-0.2, 0) is 21.3 Å². The molecule has 174 valence electrons. The third-order valence-corrected chi connectivity index (χ3v) is 7.67. The molecule has 2 heterocycles. The number of carbonyl (C=O) groups excluding carboxylic acids is 1. The van der Waals surface area contributed by atoms with Gasteiger partial charge < -0.3 is 5.32 Å². The number of rotatable bonds is 6. The molecule has 0 spiro atoms. The zero-order chi connectivity index (χ0) is 23.8. The number of nitrogens with zero attached hydrogens (tertiary/aromatic N) is 3. The van der Waals surface area contributed by atoms with E-state index in [1.807, 2.05) is 44.2 Å². The Morgan fingerprint density at radius 3 is 2.61 bits per heavy atom. The van der Waals surface area contributed by atoms with E-state index in [9.17, 15) is 18.0 Å². The van der Waals surface area contributed by atoms with Gasteiger partial charge in [-0.1, -0.05) is 35.9 Å². The highest BCUT2D eigenvalue weighted by atomic mass is 32.2. The molecule has 1 aliphatic heterocycles. The van der Waals surface area contributed by atoms with Crippen LogP contribution in [0.15, 0.2) is 47.3 Å². The zero-order valence-electron chi connectivity index (χ0n) is 19.0. The van der Waals surface area contributed by atoms with Gasteiger partial charge in [0, 0.05) is 17.0 Å². The number of aromatic nitrogens is 2. The molecule has 4 rings (SSSR count). The van der Waals surface area contributed by atoms with Gasteiger partial charge in [0.1, 0.15) is 0 Å². The van der Waals surface area contributed by atoms with Gasteiger partial charge in [-0.2, -0.15) is 5.10 Å². The molecular weight excluding hydrogens is 440 g/mol. The first-order valence-electron chi connectivity index (χ1n) is 10.9. The maximum atomic E-state index is 13.1. The quantitative estimate of drug-likeness (QED) is 0.593. The second kappa shape index (κ2) is 9.07. The third kappa shape index (κ3) is 5.15. The van der Waals surface area contributed by atoms with E-state index in [1.165, 1.54) is 4.68 Å². The Kier molecular flexibility index (Phi) is 6.36. The van der Waals surface area contributed by atoms with Crippen molar-refractivity contribution in [1.29, 1.82) is 0 Å². The molecule has 2 aromatic carbocycles. The van der Waals surface area contributed by atoms with Gasteiger partial charge in [0.2, 0.25) is 5.91 Å². The molecule has 1 unspecified atom stereocenters. The fourth-order valence-electron chi connectivity index (χ4n) is 4.23. The second-order valence-corrected chi connectivity index (χ2v) is 11.1. The highest BCUT2D eigenvalue weighted by Gasteiger charge is 2.29. The van der Waals surface area contributed by atoms with Crippen molar-refractivity contribution in [2.24, 2.45) is 0 Å². The van der Waals surface area contributed by atoms with Crippen molar-refractivity contribution in [3.63, 3.8) is 0 Å². The number of nitrogens with one attached hydrogen (secondary N) is 1. The number of sulfone groups is 1. The first kappa shape index (κ1) is 23.1. The van der Waals surface area contributed by atoms with Crippen LogP contribution < -0.4 is 10.9 Å². The van der Waals surface area contributed by atoms with Gasteiger partial charge in [0.25, 0.3) is 5.56 Å². The molecule has 1 aromatic heterocycles. The lowest BCUT2D eigenvalue weighted by Crippen LogP contribution is -2.43. The Hall–Kier alpha value is -3.04. The van der Waals surface area contributed by atoms with Crippen molar-refractivity contribution in [1.82, 2.24) is 20.0 Å². The molecule has 33 heavy (non-hydrogen) atoms. The number of benzene rings is 2. The number of likely N-dealkylation sites (N-methyl/N-ethyl adjacent to an activating group) is 1. The summed E-state index contributed by atoms with van der Waals surface area (Å²) in [6, 6.07) is 13.2. The van der Waals surface area contributed by atoms with Crippen LogP contribution in [-0.4, -0.2) is 60.1 Å². The summed E-state index contributed by atoms with van der Waals surface area (Å²) in [5.74, 6) is -0.193. The van der Waals surface area contributed by atoms with Gasteiger partial charge in [-0.25, -0.2) is 13.1 Å². The van der Waals surface area contributed by atoms with Crippen molar-refractivity contribution in [3.8, 4) is 11.3 Å². The highest BCUT2D eigenvalue weighted by molar-refractivity contribution is 7.91. The second-order valence-electron chi connectivity index (χ2n) is 8.84. The molecule has 1 aliphatic rings. The maximum absolute atomic E-state index is 13.1. The average Bonchev–Trinajstić information content (AvgIpc) is 3.09. The zero-order valence-corrected chi connectivity index (χ0v) is 19.9. The maximum Gasteiger partial charge on any atom is 0.275 e. The Morgan fingerprint density at radius 2 is 1.91 bits per heavy atom. The number of carbonyl (C=O) groups is 1. The SMILES string of the molecule is Cc1ccc(C)c(-c2nn(CN(C)CC(=O)NC3CCS(=O)(=O)C3)c(=O)c3ccccc23)c1. The molecule has 8 nitrogen and oxygen atoms in total. The first-order chi connectivity index (χ1) is 15.6. The largest absolute Gasteiger partial charge is 0.351 e. The standard InChI is InChI=1S/C24H28N4O4S/c1-16-8-9-17(2)21(12-16)23-19-6-4-5-7-20(19)24(30)28(26-23)15-27(3)13-22(29)25-18-10-11-33(31,32)14-18/h4-9,12,18H,10-11,13-15H2,1-3H3,(H,25,29). The van der Waals surface area contributed by atoms with Crippen LogP contribution in [0.2, 0.25) is 0 Å². The summed E-state index contributed by atoms with van der Waals surface area (Å²) in [5, 5.41) is 8.83. The van der Waals surface area contributed by atoms with E-state index in [2.05, 4.69) is 11.4 Å². The molecule has 3 aromatic rings. The predicted molar refractivity (Wildman–Crippen MR) is 129 cm³/mol. The normalized spacial score (nSPS) is 17.5. The summed E-state index contributed by atoms with van der Waals surface area (Å²) in [5.41, 5.74) is 3.61. The van der Waals surface area contributed by atoms with Crippen LogP contribution in [0.4, 0.5) is 0 Å². The summed E-state index contributed by atoms with van der Waals surface area (Å²) < 4.78 is 24.6. The van der Waals surface area contributed by atoms with E-state index in [0.717, 1.165) is 27.8 Å². The number of fused-ring (bicyclic) bond motifs is 1. The molecule has 0 bridgehead atoms. The minimum atomic E-state index is -3.07. The van der Waals surface area contributed by atoms with Crippen LogP contribution in [0.5, 0.6) is 0 Å². The Balaban J connectivity index is 1.60. The molecule has 1 N–H and O–H groups in total. The summed E-state index contributed by atoms with van der Waals surface area (Å²) in [4.78, 5) is 27.3. The van der Waals surface area contributed by atoms with Crippen LogP contribution >= 0.6 is 0 Å². The summed E-state index contributed by atoms with van der Waals surface area (Å²) in [6.45, 7) is 4.18. The van der Waals surface area contributed by atoms with Crippen molar-refractivity contribution in [3.05, 3.63) is 63.9 Å². The summed E-state index contributed by atoms with van der Waals surface area (Å²) >= 11 is 0. The molecule has 1 saturated heterocycles. The van der Waals surface area contributed by atoms with Crippen LogP contribution in [0.3, 0.4) is 0 Å². The smallest absolute Gasteiger partial charge is 0.275 e. The number of aryl methyl sites for hydroxylation is 2. The fourth-order valence-corrected chi connectivity index (χ4v) is 5.90. The Bertz CT molecular complexity index is 1380. The van der Waals surface area contributed by atoms with Crippen LogP contribution in [0, 0.1) is 13.8 Å². The lowest BCUT2D eigenvalue weighted by atomic mass is 9.99. The fraction of sp³-hybridized carbons (Fsp3) is 0.375. The molecule has 0 radical (unpaired) electrons. The van der Waals surface area contributed by atoms with E-state index in [4.69, 9.17) is 5.10 Å². The van der Waals surface area contributed by atoms with E-state index in [1.54, 1.807) is 18.0 Å². The van der Waals surface area contributed by atoms with E-state index in [-0.39, 0.29) is 42.2 Å². The van der Waals surface area contributed by atoms with E-state index < -0.39 is 9.84 Å². The van der Waals surface area contributed by atoms with E-state index in [0.29, 0.717) is 11.8 Å². The molecule has 0 saturated carbocycles. The minimum absolute atomic E-state index is 0.0205. The minimum Gasteiger partial charge on any atom is -0.351 e. The van der Waals surface area contributed by atoms with Crippen LogP contribution in [0.25, 0.3) is 22.0 Å². The lowest BCUT2D eigenvalue weighted by Gasteiger charge is -2.20. The predicted octanol–water partition coefficient (Wildman–Crippen LogP) is 1.87. The number of amides is 1. The molecular formula is C24H28N4O4S. The van der Waals surface area contributed by atoms with Crippen molar-refractivity contribution < 1.29 is 13.2 Å². The van der Waals surface area contributed by atoms with Gasteiger partial charge in [0.15, 0.2) is 9.84 Å². The topological polar surface area (TPSA) is 101 Å².